The number of aromatic nitrogens is 2. The first-order valence-corrected chi connectivity index (χ1v) is 24.6. The van der Waals surface area contributed by atoms with E-state index in [1.165, 1.54) is 10.4 Å². The average molecular weight is 842 g/mol. The Bertz CT molecular complexity index is 2280. The molecule has 0 radical (unpaired) electrons. The van der Waals surface area contributed by atoms with Crippen LogP contribution in [0.2, 0.25) is 12.6 Å². The summed E-state index contributed by atoms with van der Waals surface area (Å²) in [7, 11) is -0.301. The highest BCUT2D eigenvalue weighted by Gasteiger charge is 2.52. The number of fused-ring (bicyclic) bond motifs is 1. The molecule has 60 heavy (non-hydrogen) atoms. The molecule has 0 saturated carbocycles. The first kappa shape index (κ1) is 40.6. The molecule has 10 nitrogen and oxygen atoms in total. The number of nitrogens with zero attached hydrogens (tertiary/aromatic N) is 2. The van der Waals surface area contributed by atoms with E-state index in [0.717, 1.165) is 53.6 Å². The highest BCUT2D eigenvalue weighted by molar-refractivity contribution is 7.45. The number of benzene rings is 5. The maximum atomic E-state index is 13.0. The minimum atomic E-state index is -2.21. The molecule has 4 heterocycles. The SMILES string of the molecule is COc1ccc(C(OC[C@H]2O[C@@H](n3cc[nH]c3=O)C[C@@H]2O[P@@]2O[C@H](C[Si](C)(c3ccccc3)c3ccccc3)[C@@H]3CCCN32)(c2ccccc2)c2ccc(OC)cc2)cc1. The van der Waals surface area contributed by atoms with E-state index in [0.29, 0.717) is 6.42 Å². The topological polar surface area (TPSA) is 96.4 Å². The van der Waals surface area contributed by atoms with Gasteiger partial charge in [0, 0.05) is 31.4 Å². The Morgan fingerprint density at radius 2 is 1.33 bits per heavy atom. The summed E-state index contributed by atoms with van der Waals surface area (Å²) in [6, 6.07) is 49.4. The van der Waals surface area contributed by atoms with E-state index in [2.05, 4.69) is 89.0 Å². The summed E-state index contributed by atoms with van der Waals surface area (Å²) in [5.41, 5.74) is 1.50. The quantitative estimate of drug-likeness (QED) is 0.0635. The van der Waals surface area contributed by atoms with Crippen LogP contribution in [-0.2, 0) is 24.1 Å². The summed E-state index contributed by atoms with van der Waals surface area (Å²) in [6.07, 6.45) is 4.52. The van der Waals surface area contributed by atoms with Gasteiger partial charge in [0.25, 0.3) is 8.53 Å². The number of methoxy groups -OCH3 is 2. The third-order valence-electron chi connectivity index (χ3n) is 12.6. The summed E-state index contributed by atoms with van der Waals surface area (Å²) in [5, 5.41) is 2.80. The maximum absolute atomic E-state index is 13.0. The first-order chi connectivity index (χ1) is 29.4. The van der Waals surface area contributed by atoms with Crippen molar-refractivity contribution in [1.29, 1.82) is 0 Å². The molecular formula is C48H52N3O7PSi. The molecule has 0 amide bonds. The smallest absolute Gasteiger partial charge is 0.327 e. The zero-order valence-corrected chi connectivity index (χ0v) is 36.2. The molecule has 3 fully saturated rings. The third-order valence-corrected chi connectivity index (χ3v) is 18.8. The molecule has 12 heteroatoms. The van der Waals surface area contributed by atoms with Crippen LogP contribution in [0.15, 0.2) is 157 Å². The predicted molar refractivity (Wildman–Crippen MR) is 237 cm³/mol. The number of ether oxygens (including phenoxy) is 4. The lowest BCUT2D eigenvalue weighted by atomic mass is 9.80. The second kappa shape index (κ2) is 17.6. The van der Waals surface area contributed by atoms with E-state index in [1.54, 1.807) is 31.2 Å². The van der Waals surface area contributed by atoms with Crippen molar-refractivity contribution in [2.75, 3.05) is 27.4 Å². The second-order valence-electron chi connectivity index (χ2n) is 16.0. The number of hydrogen-bond acceptors (Lipinski definition) is 8. The van der Waals surface area contributed by atoms with Gasteiger partial charge in [-0.2, -0.15) is 0 Å². The number of H-pyrrole nitrogens is 1. The summed E-state index contributed by atoms with van der Waals surface area (Å²) in [6.45, 7) is 3.56. The third kappa shape index (κ3) is 7.80. The lowest BCUT2D eigenvalue weighted by molar-refractivity contribution is -0.0917. The fraction of sp³-hybridized carbons (Fsp3) is 0.312. The number of rotatable bonds is 15. The average Bonchev–Trinajstić information content (AvgIpc) is 4.12. The van der Waals surface area contributed by atoms with Crippen LogP contribution >= 0.6 is 8.53 Å². The van der Waals surface area contributed by atoms with Gasteiger partial charge in [-0.1, -0.05) is 132 Å². The molecule has 9 rings (SSSR count). The van der Waals surface area contributed by atoms with Gasteiger partial charge in [-0.05, 0) is 59.8 Å². The van der Waals surface area contributed by atoms with Crippen LogP contribution in [-0.4, -0.2) is 74.0 Å². The van der Waals surface area contributed by atoms with Crippen molar-refractivity contribution < 1.29 is 28.0 Å². The number of hydrogen-bond donors (Lipinski definition) is 1. The van der Waals surface area contributed by atoms with Crippen molar-refractivity contribution in [2.45, 2.75) is 68.0 Å². The number of imidazole rings is 1. The van der Waals surface area contributed by atoms with Gasteiger partial charge in [0.05, 0.1) is 33.0 Å². The van der Waals surface area contributed by atoms with E-state index in [1.807, 2.05) is 66.7 Å². The molecule has 6 aromatic rings. The largest absolute Gasteiger partial charge is 0.497 e. The fourth-order valence-corrected chi connectivity index (χ4v) is 15.3. The van der Waals surface area contributed by atoms with E-state index >= 15 is 0 Å². The standard InChI is InChI=1S/C48H52N3O7PSi/c1-53-38-25-21-36(22-26-38)48(35-14-7-4-8-15-35,37-23-27-39(54-2)28-24-37)55-33-44-43(32-46(56-44)50-31-29-49-47(50)52)57-59-51-30-13-20-42(51)45(58-59)34-60(3,40-16-9-5-10-17-40)41-18-11-6-12-19-41/h4-12,14-19,21-29,31,42-46H,13,20,30,32-34H2,1-3H3,(H,49,52)/t42-,43-,44+,45+,46+,59-/m0/s1. The van der Waals surface area contributed by atoms with Crippen LogP contribution in [0.4, 0.5) is 0 Å². The molecule has 0 unspecified atom stereocenters. The van der Waals surface area contributed by atoms with Crippen LogP contribution in [0.3, 0.4) is 0 Å². The lowest BCUT2D eigenvalue weighted by Crippen LogP contribution is -2.58. The van der Waals surface area contributed by atoms with Crippen LogP contribution in [0.1, 0.15) is 42.2 Å². The highest BCUT2D eigenvalue weighted by atomic mass is 31.2. The van der Waals surface area contributed by atoms with Gasteiger partial charge >= 0.3 is 5.69 Å². The zero-order chi connectivity index (χ0) is 41.1. The fourth-order valence-electron chi connectivity index (χ4n) is 9.37. The molecule has 0 spiro atoms. The van der Waals surface area contributed by atoms with Crippen LogP contribution in [0.25, 0.3) is 0 Å². The lowest BCUT2D eigenvalue weighted by Gasteiger charge is -2.37. The molecule has 3 aliphatic heterocycles. The van der Waals surface area contributed by atoms with Crippen LogP contribution < -0.4 is 25.5 Å². The maximum Gasteiger partial charge on any atom is 0.327 e. The zero-order valence-electron chi connectivity index (χ0n) is 34.3. The van der Waals surface area contributed by atoms with Gasteiger partial charge in [0.15, 0.2) is 0 Å². The van der Waals surface area contributed by atoms with E-state index in [9.17, 15) is 4.79 Å². The highest BCUT2D eigenvalue weighted by Crippen LogP contribution is 2.59. The van der Waals surface area contributed by atoms with Crippen molar-refractivity contribution in [3.63, 3.8) is 0 Å². The van der Waals surface area contributed by atoms with Crippen molar-refractivity contribution in [3.8, 4) is 11.5 Å². The Hall–Kier alpha value is -4.84. The first-order valence-electron chi connectivity index (χ1n) is 20.8. The van der Waals surface area contributed by atoms with Gasteiger partial charge in [-0.25, -0.2) is 9.46 Å². The minimum absolute atomic E-state index is 0.0201. The molecule has 0 aliphatic carbocycles. The van der Waals surface area contributed by atoms with Crippen molar-refractivity contribution in [2.24, 2.45) is 0 Å². The second-order valence-corrected chi connectivity index (χ2v) is 21.7. The van der Waals surface area contributed by atoms with Crippen molar-refractivity contribution in [3.05, 3.63) is 179 Å². The van der Waals surface area contributed by atoms with Crippen LogP contribution in [0.5, 0.6) is 11.5 Å². The van der Waals surface area contributed by atoms with Crippen molar-refractivity contribution >= 4 is 27.0 Å². The van der Waals surface area contributed by atoms with E-state index < -0.39 is 40.6 Å². The molecule has 1 N–H and O–H groups in total. The Morgan fingerprint density at radius 1 is 0.767 bits per heavy atom. The van der Waals surface area contributed by atoms with E-state index in [-0.39, 0.29) is 24.4 Å². The molecular weight excluding hydrogens is 790 g/mol. The summed E-state index contributed by atoms with van der Waals surface area (Å²) < 4.78 is 43.7. The minimum Gasteiger partial charge on any atom is -0.497 e. The van der Waals surface area contributed by atoms with Crippen molar-refractivity contribution in [1.82, 2.24) is 14.2 Å². The summed E-state index contributed by atoms with van der Waals surface area (Å²) in [5.74, 6) is 1.49. The molecule has 1 aromatic heterocycles. The van der Waals surface area contributed by atoms with Gasteiger partial charge in [-0.3, -0.25) is 4.57 Å². The van der Waals surface area contributed by atoms with Gasteiger partial charge in [0.2, 0.25) is 0 Å². The van der Waals surface area contributed by atoms with Gasteiger partial charge in [-0.15, -0.1) is 0 Å². The molecule has 6 atom stereocenters. The molecule has 3 saturated heterocycles. The molecule has 5 aromatic carbocycles. The summed E-state index contributed by atoms with van der Waals surface area (Å²) >= 11 is 0. The Labute approximate surface area is 354 Å². The van der Waals surface area contributed by atoms with E-state index in [4.69, 9.17) is 28.0 Å². The Balaban J connectivity index is 1.04. The number of nitrogens with one attached hydrogen (secondary N) is 1. The monoisotopic (exact) mass is 841 g/mol. The summed E-state index contributed by atoms with van der Waals surface area (Å²) in [4.78, 5) is 15.8. The van der Waals surface area contributed by atoms with Crippen LogP contribution in [0, 0.1) is 0 Å². The predicted octanol–water partition coefficient (Wildman–Crippen LogP) is 7.86. The normalized spacial score (nSPS) is 23.1. The molecule has 310 valence electrons. The molecule has 0 bridgehead atoms. The molecule has 3 aliphatic rings. The van der Waals surface area contributed by atoms with Gasteiger partial charge < -0.3 is 33.0 Å². The number of aromatic amines is 1. The Kier molecular flexibility index (Phi) is 11.9. The Morgan fingerprint density at radius 3 is 1.88 bits per heavy atom. The van der Waals surface area contributed by atoms with Gasteiger partial charge in [0.1, 0.15) is 37.5 Å².